The number of carbonyl (C=O) groups excluding carboxylic acids is 2. The number of nitrogens with zero attached hydrogens (tertiary/aromatic N) is 1. The molecule has 2 N–H and O–H groups in total. The highest BCUT2D eigenvalue weighted by Crippen LogP contribution is 2.11. The highest BCUT2D eigenvalue weighted by Gasteiger charge is 2.12. The Morgan fingerprint density at radius 1 is 1.17 bits per heavy atom. The van der Waals surface area contributed by atoms with Gasteiger partial charge in [0.1, 0.15) is 11.6 Å². The van der Waals surface area contributed by atoms with Gasteiger partial charge in [-0.1, -0.05) is 6.07 Å². The Morgan fingerprint density at radius 3 is 2.58 bits per heavy atom. The highest BCUT2D eigenvalue weighted by atomic mass is 19.1. The SMILES string of the molecule is CCOc1ccc(C=NNC(=O)C(=O)Nc2cccc(F)c2)cc1. The number of anilines is 1. The summed E-state index contributed by atoms with van der Waals surface area (Å²) in [6, 6.07) is 12.3. The molecule has 0 saturated heterocycles. The number of ether oxygens (including phenoxy) is 1. The van der Waals surface area contributed by atoms with Gasteiger partial charge in [-0.3, -0.25) is 9.59 Å². The van der Waals surface area contributed by atoms with Gasteiger partial charge in [0, 0.05) is 5.69 Å². The number of hydrazone groups is 1. The van der Waals surface area contributed by atoms with E-state index in [1.165, 1.54) is 24.4 Å². The van der Waals surface area contributed by atoms with Crippen LogP contribution in [0.2, 0.25) is 0 Å². The summed E-state index contributed by atoms with van der Waals surface area (Å²) in [7, 11) is 0. The second-order valence-corrected chi connectivity index (χ2v) is 4.67. The summed E-state index contributed by atoms with van der Waals surface area (Å²) in [5, 5.41) is 5.97. The zero-order chi connectivity index (χ0) is 17.4. The van der Waals surface area contributed by atoms with E-state index in [2.05, 4.69) is 15.8 Å². The summed E-state index contributed by atoms with van der Waals surface area (Å²) in [4.78, 5) is 23.3. The van der Waals surface area contributed by atoms with Gasteiger partial charge in [-0.25, -0.2) is 9.82 Å². The van der Waals surface area contributed by atoms with Crippen molar-refractivity contribution < 1.29 is 18.7 Å². The summed E-state index contributed by atoms with van der Waals surface area (Å²) >= 11 is 0. The largest absolute Gasteiger partial charge is 0.494 e. The second kappa shape index (κ2) is 8.42. The summed E-state index contributed by atoms with van der Waals surface area (Å²) in [5.41, 5.74) is 3.01. The van der Waals surface area contributed by atoms with Crippen molar-refractivity contribution in [2.75, 3.05) is 11.9 Å². The van der Waals surface area contributed by atoms with Crippen LogP contribution in [0.25, 0.3) is 0 Å². The van der Waals surface area contributed by atoms with E-state index in [4.69, 9.17) is 4.74 Å². The minimum absolute atomic E-state index is 0.186. The number of nitrogens with one attached hydrogen (secondary N) is 2. The van der Waals surface area contributed by atoms with Crippen LogP contribution in [0.4, 0.5) is 10.1 Å². The van der Waals surface area contributed by atoms with E-state index in [1.54, 1.807) is 24.3 Å². The Bertz CT molecular complexity index is 745. The molecule has 0 fully saturated rings. The molecule has 0 spiro atoms. The lowest BCUT2D eigenvalue weighted by molar-refractivity contribution is -0.136. The smallest absolute Gasteiger partial charge is 0.329 e. The van der Waals surface area contributed by atoms with Crippen molar-refractivity contribution >= 4 is 23.7 Å². The minimum Gasteiger partial charge on any atom is -0.494 e. The third kappa shape index (κ3) is 5.20. The first-order valence-corrected chi connectivity index (χ1v) is 7.21. The lowest BCUT2D eigenvalue weighted by Crippen LogP contribution is -2.32. The molecule has 0 aliphatic heterocycles. The van der Waals surface area contributed by atoms with Gasteiger partial charge in [-0.05, 0) is 55.0 Å². The third-order valence-electron chi connectivity index (χ3n) is 2.86. The standard InChI is InChI=1S/C17H16FN3O3/c1-2-24-15-8-6-12(7-9-15)11-19-21-17(23)16(22)20-14-5-3-4-13(18)10-14/h3-11H,2H2,1H3,(H,20,22)(H,21,23). The number of carbonyl (C=O) groups is 2. The van der Waals surface area contributed by atoms with Gasteiger partial charge in [-0.15, -0.1) is 0 Å². The van der Waals surface area contributed by atoms with Gasteiger partial charge in [0.15, 0.2) is 0 Å². The van der Waals surface area contributed by atoms with Crippen LogP contribution in [0.5, 0.6) is 5.75 Å². The maximum atomic E-state index is 13.0. The molecule has 0 saturated carbocycles. The molecular formula is C17H16FN3O3. The summed E-state index contributed by atoms with van der Waals surface area (Å²) in [6.07, 6.45) is 1.39. The van der Waals surface area contributed by atoms with Crippen LogP contribution < -0.4 is 15.5 Å². The molecule has 0 aliphatic carbocycles. The lowest BCUT2D eigenvalue weighted by Gasteiger charge is -2.04. The number of hydrogen-bond acceptors (Lipinski definition) is 4. The van der Waals surface area contributed by atoms with Gasteiger partial charge in [0.25, 0.3) is 0 Å². The first-order valence-electron chi connectivity index (χ1n) is 7.21. The Balaban J connectivity index is 1.86. The zero-order valence-corrected chi connectivity index (χ0v) is 13.0. The Labute approximate surface area is 138 Å². The predicted molar refractivity (Wildman–Crippen MR) is 88.4 cm³/mol. The molecule has 0 aliphatic rings. The van der Waals surface area contributed by atoms with Gasteiger partial charge in [0.05, 0.1) is 12.8 Å². The van der Waals surface area contributed by atoms with Crippen LogP contribution in [0.15, 0.2) is 53.6 Å². The molecule has 0 radical (unpaired) electrons. The maximum absolute atomic E-state index is 13.0. The molecule has 24 heavy (non-hydrogen) atoms. The van der Waals surface area contributed by atoms with Crippen LogP contribution in [-0.2, 0) is 9.59 Å². The lowest BCUT2D eigenvalue weighted by atomic mass is 10.2. The topological polar surface area (TPSA) is 79.8 Å². The fraction of sp³-hybridized carbons (Fsp3) is 0.118. The molecule has 6 nitrogen and oxygen atoms in total. The van der Waals surface area contributed by atoms with Crippen molar-refractivity contribution in [3.63, 3.8) is 0 Å². The van der Waals surface area contributed by atoms with Crippen LogP contribution >= 0.6 is 0 Å². The second-order valence-electron chi connectivity index (χ2n) is 4.67. The number of amides is 2. The van der Waals surface area contributed by atoms with Crippen molar-refractivity contribution in [1.82, 2.24) is 5.43 Å². The molecule has 2 aromatic rings. The normalized spacial score (nSPS) is 10.4. The average Bonchev–Trinajstić information content (AvgIpc) is 2.56. The van der Waals surface area contributed by atoms with Crippen LogP contribution in [0, 0.1) is 5.82 Å². The summed E-state index contributed by atoms with van der Waals surface area (Å²) in [6.45, 7) is 2.46. The van der Waals surface area contributed by atoms with Gasteiger partial charge >= 0.3 is 11.8 Å². The quantitative estimate of drug-likeness (QED) is 0.502. The molecule has 0 aromatic heterocycles. The van der Waals surface area contributed by atoms with Crippen molar-refractivity contribution in [2.24, 2.45) is 5.10 Å². The van der Waals surface area contributed by atoms with Gasteiger partial charge < -0.3 is 10.1 Å². The molecule has 0 heterocycles. The first-order chi connectivity index (χ1) is 11.6. The summed E-state index contributed by atoms with van der Waals surface area (Å²) < 4.78 is 18.3. The maximum Gasteiger partial charge on any atom is 0.329 e. The van der Waals surface area contributed by atoms with Crippen molar-refractivity contribution in [3.05, 3.63) is 59.9 Å². The summed E-state index contributed by atoms with van der Waals surface area (Å²) in [5.74, 6) is -1.68. The molecule has 0 atom stereocenters. The highest BCUT2D eigenvalue weighted by molar-refractivity contribution is 6.39. The molecule has 124 valence electrons. The van der Waals surface area contributed by atoms with Crippen molar-refractivity contribution in [3.8, 4) is 5.75 Å². The van der Waals surface area contributed by atoms with E-state index < -0.39 is 17.6 Å². The molecule has 7 heteroatoms. The van der Waals surface area contributed by atoms with Crippen LogP contribution in [0.3, 0.4) is 0 Å². The van der Waals surface area contributed by atoms with E-state index in [-0.39, 0.29) is 5.69 Å². The van der Waals surface area contributed by atoms with E-state index in [1.807, 2.05) is 6.92 Å². The Morgan fingerprint density at radius 2 is 1.92 bits per heavy atom. The van der Waals surface area contributed by atoms with Crippen LogP contribution in [0.1, 0.15) is 12.5 Å². The molecule has 2 amide bonds. The van der Waals surface area contributed by atoms with Crippen LogP contribution in [-0.4, -0.2) is 24.6 Å². The number of benzene rings is 2. The zero-order valence-electron chi connectivity index (χ0n) is 13.0. The number of hydrogen-bond donors (Lipinski definition) is 2. The Hall–Kier alpha value is -3.22. The molecule has 2 rings (SSSR count). The van der Waals surface area contributed by atoms with Gasteiger partial charge in [-0.2, -0.15) is 5.10 Å². The predicted octanol–water partition coefficient (Wildman–Crippen LogP) is 2.31. The third-order valence-corrected chi connectivity index (χ3v) is 2.86. The minimum atomic E-state index is -0.957. The van der Waals surface area contributed by atoms with E-state index in [0.29, 0.717) is 6.61 Å². The van der Waals surface area contributed by atoms with Crippen molar-refractivity contribution in [1.29, 1.82) is 0 Å². The molecule has 2 aromatic carbocycles. The van der Waals surface area contributed by atoms with E-state index >= 15 is 0 Å². The first kappa shape index (κ1) is 17.1. The fourth-order valence-electron chi connectivity index (χ4n) is 1.79. The average molecular weight is 329 g/mol. The number of rotatable bonds is 5. The fourth-order valence-corrected chi connectivity index (χ4v) is 1.79. The van der Waals surface area contributed by atoms with Crippen molar-refractivity contribution in [2.45, 2.75) is 6.92 Å². The molecule has 0 unspecified atom stereocenters. The molecule has 0 bridgehead atoms. The Kier molecular flexibility index (Phi) is 6.01. The molecular weight excluding hydrogens is 313 g/mol. The monoisotopic (exact) mass is 329 g/mol. The number of halogens is 1. The van der Waals surface area contributed by atoms with E-state index in [9.17, 15) is 14.0 Å². The van der Waals surface area contributed by atoms with Gasteiger partial charge in [0.2, 0.25) is 0 Å². The van der Waals surface area contributed by atoms with E-state index in [0.717, 1.165) is 17.4 Å².